The van der Waals surface area contributed by atoms with E-state index in [1.165, 1.54) is 12.8 Å². The van der Waals surface area contributed by atoms with E-state index in [-0.39, 0.29) is 5.92 Å². The van der Waals surface area contributed by atoms with E-state index in [1.807, 2.05) is 13.8 Å². The van der Waals surface area contributed by atoms with Gasteiger partial charge in [0, 0.05) is 0 Å². The molecule has 2 N–H and O–H groups in total. The highest BCUT2D eigenvalue weighted by Crippen LogP contribution is 2.32. The van der Waals surface area contributed by atoms with Crippen molar-refractivity contribution < 1.29 is 10.2 Å². The van der Waals surface area contributed by atoms with Crippen molar-refractivity contribution in [3.63, 3.8) is 0 Å². The summed E-state index contributed by atoms with van der Waals surface area (Å²) in [6.45, 7) is 6.15. The molecular weight excluding hydrogens is 176 g/mol. The van der Waals surface area contributed by atoms with Crippen LogP contribution in [-0.4, -0.2) is 22.4 Å². The van der Waals surface area contributed by atoms with Crippen molar-refractivity contribution in [2.75, 3.05) is 0 Å². The summed E-state index contributed by atoms with van der Waals surface area (Å²) in [7, 11) is 0. The molecule has 1 fully saturated rings. The molecule has 2 heteroatoms. The fraction of sp³-hybridized carbons (Fsp3) is 1.00. The molecule has 1 aliphatic rings. The van der Waals surface area contributed by atoms with Gasteiger partial charge in [-0.3, -0.25) is 0 Å². The number of aliphatic hydroxyl groups is 2. The minimum Gasteiger partial charge on any atom is -0.390 e. The normalized spacial score (nSPS) is 33.0. The van der Waals surface area contributed by atoms with Gasteiger partial charge in [0.1, 0.15) is 0 Å². The van der Waals surface area contributed by atoms with E-state index in [2.05, 4.69) is 6.92 Å². The first kappa shape index (κ1) is 12.0. The lowest BCUT2D eigenvalue weighted by molar-refractivity contribution is -0.0524. The van der Waals surface area contributed by atoms with Crippen molar-refractivity contribution in [3.8, 4) is 0 Å². The second kappa shape index (κ2) is 5.13. The summed E-state index contributed by atoms with van der Waals surface area (Å²) in [5.41, 5.74) is 0. The Morgan fingerprint density at radius 1 is 1.14 bits per heavy atom. The molecule has 0 aromatic rings. The lowest BCUT2D eigenvalue weighted by Gasteiger charge is -2.34. The van der Waals surface area contributed by atoms with Gasteiger partial charge in [-0.1, -0.05) is 33.6 Å². The maximum Gasteiger partial charge on any atom is 0.0829 e. The van der Waals surface area contributed by atoms with Crippen molar-refractivity contribution >= 4 is 0 Å². The van der Waals surface area contributed by atoms with E-state index in [1.54, 1.807) is 0 Å². The summed E-state index contributed by atoms with van der Waals surface area (Å²) in [5, 5.41) is 19.8. The molecule has 14 heavy (non-hydrogen) atoms. The van der Waals surface area contributed by atoms with Crippen molar-refractivity contribution in [1.29, 1.82) is 0 Å². The fourth-order valence-electron chi connectivity index (χ4n) is 2.46. The third-order valence-electron chi connectivity index (χ3n) is 3.49. The Morgan fingerprint density at radius 3 is 2.29 bits per heavy atom. The van der Waals surface area contributed by atoms with Gasteiger partial charge in [-0.15, -0.1) is 0 Å². The molecule has 0 radical (unpaired) electrons. The van der Waals surface area contributed by atoms with Crippen LogP contribution in [0.15, 0.2) is 0 Å². The van der Waals surface area contributed by atoms with Gasteiger partial charge in [0.25, 0.3) is 0 Å². The van der Waals surface area contributed by atoms with E-state index < -0.39 is 12.2 Å². The van der Waals surface area contributed by atoms with Crippen LogP contribution in [0.2, 0.25) is 0 Å². The van der Waals surface area contributed by atoms with Crippen LogP contribution in [0.1, 0.15) is 46.5 Å². The Bertz CT molecular complexity index is 168. The Kier molecular flexibility index (Phi) is 4.39. The molecule has 2 nitrogen and oxygen atoms in total. The van der Waals surface area contributed by atoms with E-state index in [0.717, 1.165) is 12.8 Å². The Morgan fingerprint density at radius 2 is 1.79 bits per heavy atom. The molecule has 0 aromatic heterocycles. The SMILES string of the molecule is CC1CCCC(C(O)C(O)C(C)C)C1. The van der Waals surface area contributed by atoms with Crippen molar-refractivity contribution in [2.24, 2.45) is 17.8 Å². The van der Waals surface area contributed by atoms with Gasteiger partial charge in [-0.25, -0.2) is 0 Å². The van der Waals surface area contributed by atoms with Crippen LogP contribution in [0.3, 0.4) is 0 Å². The van der Waals surface area contributed by atoms with Gasteiger partial charge in [0.05, 0.1) is 12.2 Å². The number of rotatable bonds is 3. The molecule has 84 valence electrons. The number of hydrogen-bond acceptors (Lipinski definition) is 2. The smallest absolute Gasteiger partial charge is 0.0829 e. The number of aliphatic hydroxyl groups excluding tert-OH is 2. The highest BCUT2D eigenvalue weighted by Gasteiger charge is 2.31. The largest absolute Gasteiger partial charge is 0.390 e. The molecule has 0 bridgehead atoms. The number of hydrogen-bond donors (Lipinski definition) is 2. The monoisotopic (exact) mass is 200 g/mol. The first-order valence-electron chi connectivity index (χ1n) is 5.88. The van der Waals surface area contributed by atoms with Crippen molar-refractivity contribution in [3.05, 3.63) is 0 Å². The van der Waals surface area contributed by atoms with Crippen molar-refractivity contribution in [1.82, 2.24) is 0 Å². The van der Waals surface area contributed by atoms with Crippen LogP contribution >= 0.6 is 0 Å². The van der Waals surface area contributed by atoms with Gasteiger partial charge in [0.15, 0.2) is 0 Å². The summed E-state index contributed by atoms with van der Waals surface area (Å²) in [4.78, 5) is 0. The van der Waals surface area contributed by atoms with Gasteiger partial charge in [-0.2, -0.15) is 0 Å². The molecule has 0 spiro atoms. The molecular formula is C12H24O2. The van der Waals surface area contributed by atoms with Gasteiger partial charge >= 0.3 is 0 Å². The Hall–Kier alpha value is -0.0800. The average molecular weight is 200 g/mol. The minimum absolute atomic E-state index is 0.155. The van der Waals surface area contributed by atoms with E-state index >= 15 is 0 Å². The molecule has 0 amide bonds. The van der Waals surface area contributed by atoms with Gasteiger partial charge in [0.2, 0.25) is 0 Å². The lowest BCUT2D eigenvalue weighted by atomic mass is 9.77. The highest BCUT2D eigenvalue weighted by atomic mass is 16.3. The summed E-state index contributed by atoms with van der Waals surface area (Å²) in [5.74, 6) is 1.18. The zero-order valence-corrected chi connectivity index (χ0v) is 9.61. The van der Waals surface area contributed by atoms with Gasteiger partial charge < -0.3 is 10.2 Å². The first-order valence-corrected chi connectivity index (χ1v) is 5.88. The minimum atomic E-state index is -0.551. The summed E-state index contributed by atoms with van der Waals surface area (Å²) < 4.78 is 0. The van der Waals surface area contributed by atoms with Crippen LogP contribution in [0.25, 0.3) is 0 Å². The third-order valence-corrected chi connectivity index (χ3v) is 3.49. The maximum absolute atomic E-state index is 9.98. The molecule has 0 saturated heterocycles. The van der Waals surface area contributed by atoms with E-state index in [4.69, 9.17) is 0 Å². The van der Waals surface area contributed by atoms with Crippen LogP contribution in [-0.2, 0) is 0 Å². The summed E-state index contributed by atoms with van der Waals surface area (Å²) in [6.07, 6.45) is 3.57. The topological polar surface area (TPSA) is 40.5 Å². The highest BCUT2D eigenvalue weighted by molar-refractivity contribution is 4.82. The average Bonchev–Trinajstić information content (AvgIpc) is 2.15. The molecule has 4 atom stereocenters. The zero-order valence-electron chi connectivity index (χ0n) is 9.61. The molecule has 0 heterocycles. The van der Waals surface area contributed by atoms with Crippen LogP contribution in [0.5, 0.6) is 0 Å². The third kappa shape index (κ3) is 2.96. The molecule has 4 unspecified atom stereocenters. The summed E-state index contributed by atoms with van der Waals surface area (Å²) in [6, 6.07) is 0. The predicted octanol–water partition coefficient (Wildman–Crippen LogP) is 2.19. The Balaban J connectivity index is 2.46. The first-order chi connectivity index (χ1) is 6.52. The van der Waals surface area contributed by atoms with Crippen LogP contribution in [0, 0.1) is 17.8 Å². The maximum atomic E-state index is 9.98. The fourth-order valence-corrected chi connectivity index (χ4v) is 2.46. The van der Waals surface area contributed by atoms with Gasteiger partial charge in [-0.05, 0) is 30.6 Å². The van der Waals surface area contributed by atoms with E-state index in [9.17, 15) is 10.2 Å². The molecule has 1 aliphatic carbocycles. The molecule has 1 saturated carbocycles. The predicted molar refractivity (Wildman–Crippen MR) is 58.0 cm³/mol. The van der Waals surface area contributed by atoms with Crippen LogP contribution < -0.4 is 0 Å². The summed E-state index contributed by atoms with van der Waals surface area (Å²) >= 11 is 0. The zero-order chi connectivity index (χ0) is 10.7. The molecule has 0 aliphatic heterocycles. The van der Waals surface area contributed by atoms with Crippen LogP contribution in [0.4, 0.5) is 0 Å². The second-order valence-corrected chi connectivity index (χ2v) is 5.26. The lowest BCUT2D eigenvalue weighted by Crippen LogP contribution is -2.38. The standard InChI is InChI=1S/C12H24O2/c1-8(2)11(13)12(14)10-6-4-5-9(3)7-10/h8-14H,4-7H2,1-3H3. The quantitative estimate of drug-likeness (QED) is 0.733. The second-order valence-electron chi connectivity index (χ2n) is 5.26. The van der Waals surface area contributed by atoms with Crippen molar-refractivity contribution in [2.45, 2.75) is 58.7 Å². The molecule has 0 aromatic carbocycles. The van der Waals surface area contributed by atoms with E-state index in [0.29, 0.717) is 11.8 Å². The Labute approximate surface area is 87.3 Å². The molecule has 1 rings (SSSR count).